The number of rotatable bonds is 8. The Morgan fingerprint density at radius 1 is 1.21 bits per heavy atom. The third-order valence-electron chi connectivity index (χ3n) is 2.13. The van der Waals surface area contributed by atoms with E-state index < -0.39 is 0 Å². The van der Waals surface area contributed by atoms with Gasteiger partial charge in [0.05, 0.1) is 0 Å². The fraction of sp³-hybridized carbons (Fsp3) is 0.636. The minimum absolute atomic E-state index is 1.08. The Bertz CT molecular complexity index is 209. The average Bonchev–Trinajstić information content (AvgIpc) is 2.69. The molecule has 2 N–H and O–H groups in total. The Kier molecular flexibility index (Phi) is 6.66. The SMILES string of the molecule is CCNCCCNCCc1ccsc1. The maximum atomic E-state index is 3.45. The van der Waals surface area contributed by atoms with E-state index in [9.17, 15) is 0 Å². The molecule has 0 aliphatic rings. The number of hydrogen-bond acceptors (Lipinski definition) is 3. The van der Waals surface area contributed by atoms with E-state index in [1.165, 1.54) is 12.0 Å². The van der Waals surface area contributed by atoms with E-state index in [1.807, 2.05) is 0 Å². The first-order chi connectivity index (χ1) is 6.93. The summed E-state index contributed by atoms with van der Waals surface area (Å²) in [6, 6.07) is 2.20. The van der Waals surface area contributed by atoms with Crippen molar-refractivity contribution in [3.63, 3.8) is 0 Å². The lowest BCUT2D eigenvalue weighted by atomic mass is 10.2. The van der Waals surface area contributed by atoms with Crippen LogP contribution >= 0.6 is 11.3 Å². The first kappa shape index (κ1) is 11.7. The second-order valence-corrected chi connectivity index (χ2v) is 4.12. The second-order valence-electron chi connectivity index (χ2n) is 3.34. The van der Waals surface area contributed by atoms with Crippen molar-refractivity contribution in [2.45, 2.75) is 19.8 Å². The van der Waals surface area contributed by atoms with Gasteiger partial charge in [-0.25, -0.2) is 0 Å². The molecule has 1 heterocycles. The molecule has 2 nitrogen and oxygen atoms in total. The average molecular weight is 212 g/mol. The Hall–Kier alpha value is -0.380. The van der Waals surface area contributed by atoms with Crippen LogP contribution in [-0.2, 0) is 6.42 Å². The summed E-state index contributed by atoms with van der Waals surface area (Å²) in [7, 11) is 0. The van der Waals surface area contributed by atoms with Crippen LogP contribution in [-0.4, -0.2) is 26.2 Å². The zero-order valence-corrected chi connectivity index (χ0v) is 9.70. The van der Waals surface area contributed by atoms with Crippen LogP contribution < -0.4 is 10.6 Å². The van der Waals surface area contributed by atoms with Crippen molar-refractivity contribution in [2.75, 3.05) is 26.2 Å². The van der Waals surface area contributed by atoms with Gasteiger partial charge in [-0.15, -0.1) is 0 Å². The molecule has 80 valence electrons. The maximum absolute atomic E-state index is 3.45. The molecule has 1 aromatic rings. The number of hydrogen-bond donors (Lipinski definition) is 2. The lowest BCUT2D eigenvalue weighted by Crippen LogP contribution is -2.23. The lowest BCUT2D eigenvalue weighted by molar-refractivity contribution is 0.607. The molecule has 3 heteroatoms. The summed E-state index contributed by atoms with van der Waals surface area (Å²) in [6.07, 6.45) is 2.38. The Morgan fingerprint density at radius 3 is 2.79 bits per heavy atom. The van der Waals surface area contributed by atoms with Crippen molar-refractivity contribution in [1.29, 1.82) is 0 Å². The fourth-order valence-electron chi connectivity index (χ4n) is 1.31. The van der Waals surface area contributed by atoms with Gasteiger partial charge in [0, 0.05) is 0 Å². The van der Waals surface area contributed by atoms with E-state index >= 15 is 0 Å². The van der Waals surface area contributed by atoms with Crippen LogP contribution in [0.5, 0.6) is 0 Å². The van der Waals surface area contributed by atoms with Gasteiger partial charge in [-0.3, -0.25) is 0 Å². The van der Waals surface area contributed by atoms with Crippen LogP contribution in [0, 0.1) is 0 Å². The zero-order valence-electron chi connectivity index (χ0n) is 8.88. The molecule has 0 aromatic carbocycles. The quantitative estimate of drug-likeness (QED) is 0.643. The van der Waals surface area contributed by atoms with E-state index in [0.29, 0.717) is 0 Å². The predicted octanol–water partition coefficient (Wildman–Crippen LogP) is 1.88. The molecular formula is C11H20N2S. The second kappa shape index (κ2) is 7.97. The topological polar surface area (TPSA) is 24.1 Å². The molecule has 0 bridgehead atoms. The molecule has 0 aliphatic heterocycles. The molecular weight excluding hydrogens is 192 g/mol. The van der Waals surface area contributed by atoms with Gasteiger partial charge in [0.15, 0.2) is 0 Å². The first-order valence-corrected chi connectivity index (χ1v) is 6.30. The van der Waals surface area contributed by atoms with Gasteiger partial charge in [-0.05, 0) is 61.4 Å². The highest BCUT2D eigenvalue weighted by Gasteiger charge is 1.92. The van der Waals surface area contributed by atoms with Crippen LogP contribution in [0.4, 0.5) is 0 Å². The van der Waals surface area contributed by atoms with Gasteiger partial charge in [0.2, 0.25) is 0 Å². The lowest BCUT2D eigenvalue weighted by Gasteiger charge is -2.03. The van der Waals surface area contributed by atoms with Crippen molar-refractivity contribution in [1.82, 2.24) is 10.6 Å². The standard InChI is InChI=1S/C11H20N2S/c1-2-12-6-3-7-13-8-4-11-5-9-14-10-11/h5,9-10,12-13H,2-4,6-8H2,1H3. The van der Waals surface area contributed by atoms with Crippen LogP contribution in [0.1, 0.15) is 18.9 Å². The summed E-state index contributed by atoms with van der Waals surface area (Å²) < 4.78 is 0. The number of thiophene rings is 1. The Labute approximate surface area is 90.7 Å². The Balaban J connectivity index is 1.85. The fourth-order valence-corrected chi connectivity index (χ4v) is 2.01. The van der Waals surface area contributed by atoms with E-state index in [0.717, 1.165) is 32.6 Å². The van der Waals surface area contributed by atoms with Crippen molar-refractivity contribution in [2.24, 2.45) is 0 Å². The molecule has 0 unspecified atom stereocenters. The van der Waals surface area contributed by atoms with Crippen molar-refractivity contribution < 1.29 is 0 Å². The number of nitrogens with one attached hydrogen (secondary N) is 2. The normalized spacial score (nSPS) is 10.6. The smallest absolute Gasteiger partial charge is 0.000805 e. The molecule has 0 spiro atoms. The van der Waals surface area contributed by atoms with Crippen LogP contribution in [0.25, 0.3) is 0 Å². The highest BCUT2D eigenvalue weighted by Crippen LogP contribution is 2.05. The third kappa shape index (κ3) is 5.37. The molecule has 0 fully saturated rings. The summed E-state index contributed by atoms with van der Waals surface area (Å²) >= 11 is 1.78. The van der Waals surface area contributed by atoms with Gasteiger partial charge < -0.3 is 10.6 Å². The molecule has 1 aromatic heterocycles. The van der Waals surface area contributed by atoms with E-state index in [-0.39, 0.29) is 0 Å². The maximum Gasteiger partial charge on any atom is -0.000805 e. The predicted molar refractivity (Wildman–Crippen MR) is 64.1 cm³/mol. The highest BCUT2D eigenvalue weighted by molar-refractivity contribution is 7.07. The van der Waals surface area contributed by atoms with Crippen molar-refractivity contribution in [3.8, 4) is 0 Å². The van der Waals surface area contributed by atoms with Gasteiger partial charge in [0.25, 0.3) is 0 Å². The largest absolute Gasteiger partial charge is 0.317 e. The van der Waals surface area contributed by atoms with Crippen LogP contribution in [0.15, 0.2) is 16.8 Å². The first-order valence-electron chi connectivity index (χ1n) is 5.36. The summed E-state index contributed by atoms with van der Waals surface area (Å²) in [5, 5.41) is 11.1. The van der Waals surface area contributed by atoms with E-state index in [1.54, 1.807) is 11.3 Å². The zero-order chi connectivity index (χ0) is 10.1. The summed E-state index contributed by atoms with van der Waals surface area (Å²) in [6.45, 7) is 6.57. The molecule has 0 saturated heterocycles. The van der Waals surface area contributed by atoms with Gasteiger partial charge >= 0.3 is 0 Å². The molecule has 0 amide bonds. The minimum atomic E-state index is 1.08. The third-order valence-corrected chi connectivity index (χ3v) is 2.86. The summed E-state index contributed by atoms with van der Waals surface area (Å²) in [5.41, 5.74) is 1.45. The van der Waals surface area contributed by atoms with Crippen molar-refractivity contribution >= 4 is 11.3 Å². The molecule has 0 atom stereocenters. The summed E-state index contributed by atoms with van der Waals surface area (Å²) in [5.74, 6) is 0. The van der Waals surface area contributed by atoms with Gasteiger partial charge in [-0.1, -0.05) is 6.92 Å². The van der Waals surface area contributed by atoms with E-state index in [4.69, 9.17) is 0 Å². The Morgan fingerprint density at radius 2 is 2.07 bits per heavy atom. The molecule has 0 radical (unpaired) electrons. The molecule has 0 aliphatic carbocycles. The highest BCUT2D eigenvalue weighted by atomic mass is 32.1. The van der Waals surface area contributed by atoms with Crippen molar-refractivity contribution in [3.05, 3.63) is 22.4 Å². The monoisotopic (exact) mass is 212 g/mol. The molecule has 0 saturated carbocycles. The minimum Gasteiger partial charge on any atom is -0.317 e. The summed E-state index contributed by atoms with van der Waals surface area (Å²) in [4.78, 5) is 0. The van der Waals surface area contributed by atoms with Gasteiger partial charge in [-0.2, -0.15) is 11.3 Å². The van der Waals surface area contributed by atoms with Gasteiger partial charge in [0.1, 0.15) is 0 Å². The van der Waals surface area contributed by atoms with Crippen LogP contribution in [0.2, 0.25) is 0 Å². The molecule has 14 heavy (non-hydrogen) atoms. The van der Waals surface area contributed by atoms with E-state index in [2.05, 4.69) is 34.4 Å². The van der Waals surface area contributed by atoms with Crippen LogP contribution in [0.3, 0.4) is 0 Å². The molecule has 1 rings (SSSR count).